The fourth-order valence-corrected chi connectivity index (χ4v) is 3.60. The van der Waals surface area contributed by atoms with Crippen LogP contribution in [0.1, 0.15) is 16.1 Å². The van der Waals surface area contributed by atoms with Crippen LogP contribution in [0.2, 0.25) is 5.02 Å². The van der Waals surface area contributed by atoms with Gasteiger partial charge in [-0.2, -0.15) is 9.78 Å². The van der Waals surface area contributed by atoms with E-state index >= 15 is 0 Å². The highest BCUT2D eigenvalue weighted by molar-refractivity contribution is 6.30. The Hall–Kier alpha value is -3.30. The molecule has 0 aliphatic carbocycles. The van der Waals surface area contributed by atoms with Crippen LogP contribution in [0.25, 0.3) is 5.69 Å². The van der Waals surface area contributed by atoms with Crippen LogP contribution < -0.4 is 11.2 Å². The van der Waals surface area contributed by atoms with Gasteiger partial charge in [0, 0.05) is 31.2 Å². The third-order valence-electron chi connectivity index (χ3n) is 5.38. The quantitative estimate of drug-likeness (QED) is 0.595. The summed E-state index contributed by atoms with van der Waals surface area (Å²) in [7, 11) is 1.95. The fraction of sp³-hybridized carbons (Fsp3) is 0.273. The van der Waals surface area contributed by atoms with Gasteiger partial charge in [-0.15, -0.1) is 0 Å². The van der Waals surface area contributed by atoms with E-state index in [4.69, 9.17) is 11.6 Å². The summed E-state index contributed by atoms with van der Waals surface area (Å²) >= 11 is 5.95. The third-order valence-corrected chi connectivity index (χ3v) is 5.63. The van der Waals surface area contributed by atoms with Crippen LogP contribution in [-0.2, 0) is 6.54 Å². The highest BCUT2D eigenvalue weighted by Crippen LogP contribution is 2.12. The number of aromatic nitrogens is 3. The predicted molar refractivity (Wildman–Crippen MR) is 118 cm³/mol. The molecule has 1 aliphatic heterocycles. The van der Waals surface area contributed by atoms with Gasteiger partial charge in [0.25, 0.3) is 11.5 Å². The maximum atomic E-state index is 13.3. The van der Waals surface area contributed by atoms with Crippen LogP contribution in [0.3, 0.4) is 0 Å². The molecule has 0 radical (unpaired) electrons. The van der Waals surface area contributed by atoms with E-state index in [2.05, 4.69) is 10.00 Å². The summed E-state index contributed by atoms with van der Waals surface area (Å²) < 4.78 is 15.3. The lowest BCUT2D eigenvalue weighted by molar-refractivity contribution is 0.0652. The predicted octanol–water partition coefficient (Wildman–Crippen LogP) is 1.62. The summed E-state index contributed by atoms with van der Waals surface area (Å²) in [5.41, 5.74) is -0.937. The number of benzene rings is 2. The minimum Gasteiger partial charge on any atom is -0.335 e. The SMILES string of the molecule is CN1CCN(C(=O)c2nn(-c3ccc(Cl)cc3)c(=O)n(Cc3ccc(F)cc3)c2=O)CC1. The van der Waals surface area contributed by atoms with Gasteiger partial charge in [-0.3, -0.25) is 14.2 Å². The van der Waals surface area contributed by atoms with Crippen molar-refractivity contribution < 1.29 is 9.18 Å². The van der Waals surface area contributed by atoms with Crippen LogP contribution >= 0.6 is 11.6 Å². The van der Waals surface area contributed by atoms with Crippen molar-refractivity contribution in [3.63, 3.8) is 0 Å². The highest BCUT2D eigenvalue weighted by Gasteiger charge is 2.27. The van der Waals surface area contributed by atoms with E-state index in [1.807, 2.05) is 7.05 Å². The summed E-state index contributed by atoms with van der Waals surface area (Å²) in [5, 5.41) is 4.61. The first-order valence-corrected chi connectivity index (χ1v) is 10.4. The van der Waals surface area contributed by atoms with E-state index in [-0.39, 0.29) is 12.2 Å². The Morgan fingerprint density at radius 2 is 1.62 bits per heavy atom. The molecule has 1 amide bonds. The number of halogens is 2. The molecule has 166 valence electrons. The van der Waals surface area contributed by atoms with Crippen LogP contribution in [0.15, 0.2) is 58.1 Å². The van der Waals surface area contributed by atoms with Crippen molar-refractivity contribution in [2.24, 2.45) is 0 Å². The second-order valence-electron chi connectivity index (χ2n) is 7.63. The summed E-state index contributed by atoms with van der Waals surface area (Å²) in [5.74, 6) is -0.959. The number of piperazine rings is 1. The number of carbonyl (C=O) groups excluding carboxylic acids is 1. The second kappa shape index (κ2) is 9.05. The van der Waals surface area contributed by atoms with Crippen molar-refractivity contribution in [2.75, 3.05) is 33.2 Å². The Morgan fingerprint density at radius 3 is 2.25 bits per heavy atom. The molecule has 2 heterocycles. The lowest BCUT2D eigenvalue weighted by atomic mass is 10.2. The minimum absolute atomic E-state index is 0.128. The first kappa shape index (κ1) is 21.9. The van der Waals surface area contributed by atoms with Gasteiger partial charge >= 0.3 is 5.69 Å². The van der Waals surface area contributed by atoms with Crippen molar-refractivity contribution in [1.82, 2.24) is 24.1 Å². The van der Waals surface area contributed by atoms with Crippen molar-refractivity contribution in [3.05, 3.63) is 91.5 Å². The molecule has 1 saturated heterocycles. The Kier molecular flexibility index (Phi) is 6.20. The van der Waals surface area contributed by atoms with E-state index in [0.717, 1.165) is 9.25 Å². The number of likely N-dealkylation sites (N-methyl/N-ethyl adjacent to an activating group) is 1. The Bertz CT molecular complexity index is 1250. The molecule has 0 saturated carbocycles. The number of carbonyl (C=O) groups is 1. The van der Waals surface area contributed by atoms with Crippen molar-refractivity contribution in [2.45, 2.75) is 6.54 Å². The number of hydrogen-bond donors (Lipinski definition) is 0. The number of nitrogens with zero attached hydrogens (tertiary/aromatic N) is 5. The molecule has 1 fully saturated rings. The lowest BCUT2D eigenvalue weighted by Gasteiger charge is -2.32. The van der Waals surface area contributed by atoms with Crippen molar-refractivity contribution >= 4 is 17.5 Å². The zero-order valence-corrected chi connectivity index (χ0v) is 18.1. The summed E-state index contributed by atoms with van der Waals surface area (Å²) in [6.45, 7) is 2.12. The zero-order chi connectivity index (χ0) is 22.8. The molecular weight excluding hydrogens is 437 g/mol. The largest absolute Gasteiger partial charge is 0.352 e. The van der Waals surface area contributed by atoms with Crippen LogP contribution in [0, 0.1) is 5.82 Å². The Balaban J connectivity index is 1.83. The molecule has 0 bridgehead atoms. The second-order valence-corrected chi connectivity index (χ2v) is 8.07. The molecule has 1 aromatic heterocycles. The van der Waals surface area contributed by atoms with E-state index in [1.165, 1.54) is 24.3 Å². The van der Waals surface area contributed by atoms with E-state index in [1.54, 1.807) is 29.2 Å². The Morgan fingerprint density at radius 1 is 1.00 bits per heavy atom. The van der Waals surface area contributed by atoms with E-state index < -0.39 is 23.0 Å². The van der Waals surface area contributed by atoms with Gasteiger partial charge < -0.3 is 9.80 Å². The smallest absolute Gasteiger partial charge is 0.335 e. The maximum Gasteiger partial charge on any atom is 0.352 e. The van der Waals surface area contributed by atoms with Crippen LogP contribution in [-0.4, -0.2) is 63.3 Å². The monoisotopic (exact) mass is 457 g/mol. The summed E-state index contributed by atoms with van der Waals surface area (Å²) in [4.78, 5) is 43.2. The standard InChI is InChI=1S/C22H21ClFN5O3/c1-26-10-12-27(13-11-26)20(30)19-21(31)28(14-15-2-6-17(24)7-3-15)22(32)29(25-19)18-8-4-16(23)5-9-18/h2-9H,10-14H2,1H3. The normalized spacial score (nSPS) is 14.5. The molecule has 8 nitrogen and oxygen atoms in total. The first-order valence-electron chi connectivity index (χ1n) is 10.1. The first-order chi connectivity index (χ1) is 15.3. The molecule has 0 N–H and O–H groups in total. The molecule has 0 unspecified atom stereocenters. The van der Waals surface area contributed by atoms with Gasteiger partial charge in [0.05, 0.1) is 12.2 Å². The fourth-order valence-electron chi connectivity index (χ4n) is 3.47. The van der Waals surface area contributed by atoms with Gasteiger partial charge in [0.2, 0.25) is 5.69 Å². The van der Waals surface area contributed by atoms with Gasteiger partial charge in [0.15, 0.2) is 0 Å². The maximum absolute atomic E-state index is 13.3. The topological polar surface area (TPSA) is 80.4 Å². The lowest BCUT2D eigenvalue weighted by Crippen LogP contribution is -2.51. The Labute approximate surface area is 188 Å². The van der Waals surface area contributed by atoms with E-state index in [0.29, 0.717) is 42.5 Å². The molecule has 2 aromatic carbocycles. The average Bonchev–Trinajstić information content (AvgIpc) is 2.79. The molecule has 3 aromatic rings. The molecule has 32 heavy (non-hydrogen) atoms. The van der Waals surface area contributed by atoms with Gasteiger partial charge in [-0.25, -0.2) is 9.18 Å². The number of amides is 1. The third kappa shape index (κ3) is 4.49. The molecular formula is C22H21ClFN5O3. The van der Waals surface area contributed by atoms with Gasteiger partial charge in [-0.05, 0) is 49.0 Å². The summed E-state index contributed by atoms with van der Waals surface area (Å²) in [6, 6.07) is 11.8. The zero-order valence-electron chi connectivity index (χ0n) is 17.4. The minimum atomic E-state index is -0.784. The molecule has 0 spiro atoms. The van der Waals surface area contributed by atoms with Gasteiger partial charge in [-0.1, -0.05) is 23.7 Å². The number of rotatable bonds is 4. The number of hydrogen-bond acceptors (Lipinski definition) is 5. The van der Waals surface area contributed by atoms with E-state index in [9.17, 15) is 18.8 Å². The van der Waals surface area contributed by atoms with Crippen LogP contribution in [0.5, 0.6) is 0 Å². The molecule has 0 atom stereocenters. The van der Waals surface area contributed by atoms with Gasteiger partial charge in [0.1, 0.15) is 5.82 Å². The van der Waals surface area contributed by atoms with Crippen molar-refractivity contribution in [1.29, 1.82) is 0 Å². The highest BCUT2D eigenvalue weighted by atomic mass is 35.5. The molecule has 10 heteroatoms. The average molecular weight is 458 g/mol. The molecule has 4 rings (SSSR count). The van der Waals surface area contributed by atoms with Crippen molar-refractivity contribution in [3.8, 4) is 5.69 Å². The van der Waals surface area contributed by atoms with Crippen LogP contribution in [0.4, 0.5) is 4.39 Å². The molecule has 1 aliphatic rings. The summed E-state index contributed by atoms with van der Waals surface area (Å²) in [6.07, 6.45) is 0.